The average molecular weight is 732 g/mol. The summed E-state index contributed by atoms with van der Waals surface area (Å²) in [6.45, 7) is 0. The third-order valence-corrected chi connectivity index (χ3v) is 9.32. The van der Waals surface area contributed by atoms with Gasteiger partial charge in [-0.25, -0.2) is 0 Å². The number of anilines is 3. The maximum absolute atomic E-state index is 2.31. The van der Waals surface area contributed by atoms with Gasteiger partial charge in [-0.05, 0) is 80.9 Å². The molecule has 0 radical (unpaired) electrons. The first kappa shape index (κ1) is 37.8. The molecule has 0 aliphatic heterocycles. The van der Waals surface area contributed by atoms with Crippen molar-refractivity contribution in [3.05, 3.63) is 269 Å². The maximum Gasteiger partial charge on any atom is 0.0462 e. The predicted molar refractivity (Wildman–Crippen MR) is 250 cm³/mol. The fraction of sp³-hybridized carbons (Fsp3) is 0. The molecule has 0 N–H and O–H groups in total. The highest BCUT2D eigenvalue weighted by molar-refractivity contribution is 5.79. The predicted octanol–water partition coefficient (Wildman–Crippen LogP) is 15.5. The molecule has 0 aromatic heterocycles. The summed E-state index contributed by atoms with van der Waals surface area (Å²) in [4.78, 5) is 2.31. The van der Waals surface area contributed by atoms with Crippen LogP contribution < -0.4 is 4.90 Å². The number of allylic oxidation sites excluding steroid dienone is 6. The lowest BCUT2D eigenvalue weighted by atomic mass is 10.1. The first-order valence-corrected chi connectivity index (χ1v) is 19.3. The molecule has 57 heavy (non-hydrogen) atoms. The lowest BCUT2D eigenvalue weighted by Crippen LogP contribution is -2.09. The lowest BCUT2D eigenvalue weighted by molar-refractivity contribution is 1.28. The molecule has 0 bridgehead atoms. The third kappa shape index (κ3) is 11.8. The van der Waals surface area contributed by atoms with E-state index in [4.69, 9.17) is 0 Å². The van der Waals surface area contributed by atoms with Crippen molar-refractivity contribution in [2.45, 2.75) is 0 Å². The third-order valence-electron chi connectivity index (χ3n) is 9.32. The molecule has 7 aromatic carbocycles. The van der Waals surface area contributed by atoms with E-state index in [-0.39, 0.29) is 0 Å². The molecule has 0 aliphatic rings. The normalized spacial score (nSPS) is 12.1. The van der Waals surface area contributed by atoms with Crippen LogP contribution in [0.5, 0.6) is 0 Å². The number of hydrogen-bond donors (Lipinski definition) is 0. The molecule has 0 unspecified atom stereocenters. The summed E-state index contributed by atoms with van der Waals surface area (Å²) in [5, 5.41) is 0. The molecule has 1 heteroatoms. The molecular weight excluding hydrogens is 687 g/mol. The van der Waals surface area contributed by atoms with Crippen molar-refractivity contribution in [2.75, 3.05) is 4.90 Å². The highest BCUT2D eigenvalue weighted by Gasteiger charge is 2.12. The molecule has 1 nitrogen and oxygen atoms in total. The summed E-state index contributed by atoms with van der Waals surface area (Å²) in [6, 6.07) is 65.9. The van der Waals surface area contributed by atoms with Crippen LogP contribution in [0.2, 0.25) is 0 Å². The molecule has 0 aliphatic carbocycles. The van der Waals surface area contributed by atoms with Gasteiger partial charge in [0, 0.05) is 17.1 Å². The van der Waals surface area contributed by atoms with Crippen LogP contribution in [0.25, 0.3) is 48.6 Å². The van der Waals surface area contributed by atoms with Crippen LogP contribution in [0.3, 0.4) is 0 Å². The van der Waals surface area contributed by atoms with Crippen LogP contribution >= 0.6 is 0 Å². The summed E-state index contributed by atoms with van der Waals surface area (Å²) >= 11 is 0. The minimum absolute atomic E-state index is 1.09. The van der Waals surface area contributed by atoms with Crippen LogP contribution in [-0.2, 0) is 0 Å². The summed E-state index contributed by atoms with van der Waals surface area (Å²) in [5.41, 5.74) is 12.6. The van der Waals surface area contributed by atoms with E-state index in [1.165, 1.54) is 22.3 Å². The van der Waals surface area contributed by atoms with Crippen molar-refractivity contribution >= 4 is 65.7 Å². The zero-order valence-electron chi connectivity index (χ0n) is 31.9. The molecule has 274 valence electrons. The number of hydrogen-bond acceptors (Lipinski definition) is 1. The van der Waals surface area contributed by atoms with Crippen LogP contribution in [0.15, 0.2) is 225 Å². The minimum Gasteiger partial charge on any atom is -0.311 e. The van der Waals surface area contributed by atoms with Crippen LogP contribution in [0.4, 0.5) is 17.1 Å². The second kappa shape index (κ2) is 20.3. The van der Waals surface area contributed by atoms with E-state index in [1.54, 1.807) is 0 Å². The highest BCUT2D eigenvalue weighted by Crippen LogP contribution is 2.35. The first-order chi connectivity index (χ1) is 28.2. The van der Waals surface area contributed by atoms with Gasteiger partial charge in [0.15, 0.2) is 0 Å². The Bertz CT molecular complexity index is 2380. The van der Waals surface area contributed by atoms with Crippen LogP contribution in [-0.4, -0.2) is 0 Å². The summed E-state index contributed by atoms with van der Waals surface area (Å²) in [7, 11) is 0. The van der Waals surface area contributed by atoms with E-state index < -0.39 is 0 Å². The zero-order chi connectivity index (χ0) is 38.7. The molecule has 0 atom stereocenters. The molecule has 0 spiro atoms. The molecule has 0 saturated heterocycles. The molecule has 0 fully saturated rings. The van der Waals surface area contributed by atoms with Gasteiger partial charge in [-0.1, -0.05) is 237 Å². The van der Waals surface area contributed by atoms with Crippen LogP contribution in [0, 0.1) is 0 Å². The Hall–Kier alpha value is -7.48. The van der Waals surface area contributed by atoms with E-state index in [0.717, 1.165) is 39.3 Å². The molecule has 7 rings (SSSR count). The van der Waals surface area contributed by atoms with Crippen molar-refractivity contribution in [3.63, 3.8) is 0 Å². The SMILES string of the molecule is C(/C=C/c1ccc(/C=C/c2ccc(N(c3ccc(/C=C/C=C/c4ccccc4)cc3)c3ccc(/C=C/C=C/c4ccccc4)cc3)cc2)cc1)=C\c1ccccc1. The van der Waals surface area contributed by atoms with Crippen molar-refractivity contribution in [2.24, 2.45) is 0 Å². The number of nitrogens with zero attached hydrogens (tertiary/aromatic N) is 1. The van der Waals surface area contributed by atoms with Gasteiger partial charge in [0.1, 0.15) is 0 Å². The Labute approximate surface area is 338 Å². The second-order valence-corrected chi connectivity index (χ2v) is 13.5. The molecule has 0 saturated carbocycles. The standard InChI is InChI=1S/C56H45N/c1-4-16-46(17-5-1)22-10-13-25-49-28-30-52(31-29-49)32-33-53-38-44-56(45-39-53)57(54-40-34-50(35-41-54)26-14-11-23-47-18-6-2-7-19-47)55-42-36-51(37-43-55)27-15-12-24-48-20-8-3-9-21-48/h1-45H/b22-10+,23-11+,24-12+,25-13+,26-14+,27-15+,33-32+. The fourth-order valence-electron chi connectivity index (χ4n) is 6.25. The molecule has 0 amide bonds. The highest BCUT2D eigenvalue weighted by atomic mass is 15.1. The van der Waals surface area contributed by atoms with Gasteiger partial charge in [0.05, 0.1) is 0 Å². The van der Waals surface area contributed by atoms with E-state index in [2.05, 4.69) is 260 Å². The van der Waals surface area contributed by atoms with Gasteiger partial charge >= 0.3 is 0 Å². The van der Waals surface area contributed by atoms with Gasteiger partial charge in [-0.3, -0.25) is 0 Å². The van der Waals surface area contributed by atoms with E-state index in [9.17, 15) is 0 Å². The Kier molecular flexibility index (Phi) is 13.4. The maximum atomic E-state index is 2.31. The monoisotopic (exact) mass is 731 g/mol. The Morgan fingerprint density at radius 2 is 0.386 bits per heavy atom. The Morgan fingerprint density at radius 3 is 0.632 bits per heavy atom. The van der Waals surface area contributed by atoms with Gasteiger partial charge in [0.2, 0.25) is 0 Å². The molecular formula is C56H45N. The van der Waals surface area contributed by atoms with E-state index in [1.807, 2.05) is 18.2 Å². The van der Waals surface area contributed by atoms with Gasteiger partial charge in [-0.15, -0.1) is 0 Å². The lowest BCUT2D eigenvalue weighted by Gasteiger charge is -2.26. The van der Waals surface area contributed by atoms with Crippen LogP contribution in [0.1, 0.15) is 44.5 Å². The van der Waals surface area contributed by atoms with E-state index >= 15 is 0 Å². The quantitative estimate of drug-likeness (QED) is 0.0795. The van der Waals surface area contributed by atoms with Gasteiger partial charge < -0.3 is 4.90 Å². The largest absolute Gasteiger partial charge is 0.311 e. The average Bonchev–Trinajstić information content (AvgIpc) is 3.28. The smallest absolute Gasteiger partial charge is 0.0462 e. The van der Waals surface area contributed by atoms with Crippen molar-refractivity contribution in [3.8, 4) is 0 Å². The summed E-state index contributed by atoms with van der Waals surface area (Å²) < 4.78 is 0. The number of rotatable bonds is 14. The van der Waals surface area contributed by atoms with Crippen molar-refractivity contribution < 1.29 is 0 Å². The second-order valence-electron chi connectivity index (χ2n) is 13.5. The summed E-state index contributed by atoms with van der Waals surface area (Å²) in [6.07, 6.45) is 29.6. The Balaban J connectivity index is 1.05. The minimum atomic E-state index is 1.09. The van der Waals surface area contributed by atoms with Crippen molar-refractivity contribution in [1.29, 1.82) is 0 Å². The molecule has 0 heterocycles. The zero-order valence-corrected chi connectivity index (χ0v) is 31.9. The number of benzene rings is 7. The van der Waals surface area contributed by atoms with Gasteiger partial charge in [-0.2, -0.15) is 0 Å². The van der Waals surface area contributed by atoms with E-state index in [0.29, 0.717) is 0 Å². The fourth-order valence-corrected chi connectivity index (χ4v) is 6.25. The van der Waals surface area contributed by atoms with Crippen molar-refractivity contribution in [1.82, 2.24) is 0 Å². The Morgan fingerprint density at radius 1 is 0.193 bits per heavy atom. The first-order valence-electron chi connectivity index (χ1n) is 19.3. The summed E-state index contributed by atoms with van der Waals surface area (Å²) in [5.74, 6) is 0. The van der Waals surface area contributed by atoms with Gasteiger partial charge in [0.25, 0.3) is 0 Å². The topological polar surface area (TPSA) is 3.24 Å². The molecule has 7 aromatic rings.